The van der Waals surface area contributed by atoms with Crippen LogP contribution in [0, 0.1) is 0 Å². The molecule has 1 amide bonds. The largest absolute Gasteiger partial charge is 0.334 e. The molecule has 0 aromatic carbocycles. The smallest absolute Gasteiger partial charge is 0.223 e. The molecule has 17 heavy (non-hydrogen) atoms. The zero-order valence-electron chi connectivity index (χ0n) is 9.69. The van der Waals surface area contributed by atoms with Crippen molar-refractivity contribution in [3.63, 3.8) is 0 Å². The van der Waals surface area contributed by atoms with E-state index in [9.17, 15) is 4.79 Å². The minimum Gasteiger partial charge on any atom is -0.334 e. The Morgan fingerprint density at radius 1 is 1.59 bits per heavy atom. The Bertz CT molecular complexity index is 378. The first-order valence-electron chi connectivity index (χ1n) is 5.50. The SMILES string of the molecule is C=CCN(Cc1ccc(Cl)s1)C(=O)CCCN. The number of carbonyl (C=O) groups is 1. The summed E-state index contributed by atoms with van der Waals surface area (Å²) in [5.74, 6) is 0.111. The van der Waals surface area contributed by atoms with Gasteiger partial charge in [0, 0.05) is 17.8 Å². The number of thiophene rings is 1. The Labute approximate surface area is 111 Å². The first-order valence-corrected chi connectivity index (χ1v) is 6.69. The Kier molecular flexibility index (Phi) is 6.26. The van der Waals surface area contributed by atoms with E-state index in [-0.39, 0.29) is 5.91 Å². The normalized spacial score (nSPS) is 10.2. The molecule has 0 spiro atoms. The maximum absolute atomic E-state index is 11.9. The molecule has 0 aliphatic heterocycles. The van der Waals surface area contributed by atoms with Gasteiger partial charge >= 0.3 is 0 Å². The summed E-state index contributed by atoms with van der Waals surface area (Å²) >= 11 is 7.36. The number of carbonyl (C=O) groups excluding carboxylic acids is 1. The second-order valence-electron chi connectivity index (χ2n) is 3.66. The van der Waals surface area contributed by atoms with Crippen LogP contribution in [-0.2, 0) is 11.3 Å². The molecule has 3 nitrogen and oxygen atoms in total. The van der Waals surface area contributed by atoms with E-state index in [1.807, 2.05) is 12.1 Å². The number of halogens is 1. The Hall–Kier alpha value is -0.840. The number of hydrogen-bond donors (Lipinski definition) is 1. The second-order valence-corrected chi connectivity index (χ2v) is 5.46. The predicted octanol–water partition coefficient (Wildman–Crippen LogP) is 2.66. The van der Waals surface area contributed by atoms with Gasteiger partial charge in [0.05, 0.1) is 10.9 Å². The van der Waals surface area contributed by atoms with E-state index < -0.39 is 0 Å². The number of rotatable bonds is 7. The van der Waals surface area contributed by atoms with Crippen molar-refractivity contribution in [1.82, 2.24) is 4.90 Å². The van der Waals surface area contributed by atoms with Gasteiger partial charge in [0.15, 0.2) is 0 Å². The van der Waals surface area contributed by atoms with Crippen molar-refractivity contribution in [3.05, 3.63) is 34.0 Å². The van der Waals surface area contributed by atoms with E-state index >= 15 is 0 Å². The summed E-state index contributed by atoms with van der Waals surface area (Å²) in [4.78, 5) is 14.7. The van der Waals surface area contributed by atoms with Gasteiger partial charge in [0.25, 0.3) is 0 Å². The molecule has 1 aromatic heterocycles. The number of amides is 1. The number of nitrogens with zero attached hydrogens (tertiary/aromatic N) is 1. The molecule has 5 heteroatoms. The van der Waals surface area contributed by atoms with E-state index in [1.165, 1.54) is 11.3 Å². The van der Waals surface area contributed by atoms with Crippen LogP contribution in [-0.4, -0.2) is 23.9 Å². The highest BCUT2D eigenvalue weighted by atomic mass is 35.5. The van der Waals surface area contributed by atoms with E-state index in [1.54, 1.807) is 11.0 Å². The Balaban J connectivity index is 2.58. The molecule has 0 atom stereocenters. The molecule has 1 heterocycles. The van der Waals surface area contributed by atoms with E-state index in [0.717, 1.165) is 15.6 Å². The van der Waals surface area contributed by atoms with Crippen molar-refractivity contribution in [2.45, 2.75) is 19.4 Å². The molecule has 0 saturated carbocycles. The van der Waals surface area contributed by atoms with Gasteiger partial charge in [-0.1, -0.05) is 17.7 Å². The van der Waals surface area contributed by atoms with E-state index in [4.69, 9.17) is 17.3 Å². The summed E-state index contributed by atoms with van der Waals surface area (Å²) in [5, 5.41) is 0. The quantitative estimate of drug-likeness (QED) is 0.776. The highest BCUT2D eigenvalue weighted by Gasteiger charge is 2.12. The van der Waals surface area contributed by atoms with Crippen LogP contribution in [0.1, 0.15) is 17.7 Å². The molecular formula is C12H17ClN2OS. The van der Waals surface area contributed by atoms with Crippen LogP contribution in [0.15, 0.2) is 24.8 Å². The van der Waals surface area contributed by atoms with Crippen molar-refractivity contribution >= 4 is 28.8 Å². The first-order chi connectivity index (χ1) is 8.17. The predicted molar refractivity (Wildman–Crippen MR) is 73.2 cm³/mol. The minimum absolute atomic E-state index is 0.111. The van der Waals surface area contributed by atoms with Crippen molar-refractivity contribution in [1.29, 1.82) is 0 Å². The van der Waals surface area contributed by atoms with E-state index in [2.05, 4.69) is 6.58 Å². The molecule has 0 unspecified atom stereocenters. The van der Waals surface area contributed by atoms with Gasteiger partial charge in [0.2, 0.25) is 5.91 Å². The molecule has 2 N–H and O–H groups in total. The number of hydrogen-bond acceptors (Lipinski definition) is 3. The zero-order valence-corrected chi connectivity index (χ0v) is 11.3. The molecular weight excluding hydrogens is 256 g/mol. The van der Waals surface area contributed by atoms with Crippen LogP contribution in [0.2, 0.25) is 4.34 Å². The highest BCUT2D eigenvalue weighted by molar-refractivity contribution is 7.16. The fourth-order valence-corrected chi connectivity index (χ4v) is 2.55. The lowest BCUT2D eigenvalue weighted by Gasteiger charge is -2.20. The summed E-state index contributed by atoms with van der Waals surface area (Å²) in [6.45, 7) is 5.35. The summed E-state index contributed by atoms with van der Waals surface area (Å²) in [6, 6.07) is 3.79. The number of nitrogens with two attached hydrogens (primary N) is 1. The lowest BCUT2D eigenvalue weighted by molar-refractivity contribution is -0.131. The molecule has 0 radical (unpaired) electrons. The third kappa shape index (κ3) is 4.89. The molecule has 1 rings (SSSR count). The maximum atomic E-state index is 11.9. The van der Waals surface area contributed by atoms with Crippen LogP contribution in [0.4, 0.5) is 0 Å². The van der Waals surface area contributed by atoms with E-state index in [0.29, 0.717) is 26.1 Å². The van der Waals surface area contributed by atoms with Crippen LogP contribution >= 0.6 is 22.9 Å². The Morgan fingerprint density at radius 3 is 2.88 bits per heavy atom. The van der Waals surface area contributed by atoms with Crippen molar-refractivity contribution in [3.8, 4) is 0 Å². The second kappa shape index (κ2) is 7.48. The monoisotopic (exact) mass is 272 g/mol. The lowest BCUT2D eigenvalue weighted by atomic mass is 10.2. The average Bonchev–Trinajstić information content (AvgIpc) is 2.71. The van der Waals surface area contributed by atoms with Gasteiger partial charge in [-0.2, -0.15) is 0 Å². The van der Waals surface area contributed by atoms with Gasteiger partial charge in [-0.25, -0.2) is 0 Å². The highest BCUT2D eigenvalue weighted by Crippen LogP contribution is 2.22. The maximum Gasteiger partial charge on any atom is 0.223 e. The van der Waals surface area contributed by atoms with Gasteiger partial charge in [-0.3, -0.25) is 4.79 Å². The summed E-state index contributed by atoms with van der Waals surface area (Å²) in [7, 11) is 0. The third-order valence-electron chi connectivity index (χ3n) is 2.27. The van der Waals surface area contributed by atoms with Crippen molar-refractivity contribution in [2.75, 3.05) is 13.1 Å². The molecule has 0 saturated heterocycles. The summed E-state index contributed by atoms with van der Waals surface area (Å²) < 4.78 is 0.743. The molecule has 94 valence electrons. The van der Waals surface area contributed by atoms with Gasteiger partial charge < -0.3 is 10.6 Å². The van der Waals surface area contributed by atoms with Crippen molar-refractivity contribution < 1.29 is 4.79 Å². The van der Waals surface area contributed by atoms with Gasteiger partial charge in [0.1, 0.15) is 0 Å². The van der Waals surface area contributed by atoms with Crippen LogP contribution in [0.25, 0.3) is 0 Å². The average molecular weight is 273 g/mol. The zero-order chi connectivity index (χ0) is 12.7. The summed E-state index contributed by atoms with van der Waals surface area (Å²) in [5.41, 5.74) is 5.40. The topological polar surface area (TPSA) is 46.3 Å². The Morgan fingerprint density at radius 2 is 2.35 bits per heavy atom. The fraction of sp³-hybridized carbons (Fsp3) is 0.417. The van der Waals surface area contributed by atoms with Crippen LogP contribution in [0.3, 0.4) is 0 Å². The standard InChI is InChI=1S/C12H17ClN2OS/c1-2-8-15(12(16)4-3-7-14)9-10-5-6-11(13)17-10/h2,5-6H,1,3-4,7-9,14H2. The first kappa shape index (κ1) is 14.2. The van der Waals surface area contributed by atoms with Crippen LogP contribution in [0.5, 0.6) is 0 Å². The molecule has 0 fully saturated rings. The minimum atomic E-state index is 0.111. The third-order valence-corrected chi connectivity index (χ3v) is 3.49. The van der Waals surface area contributed by atoms with Crippen LogP contribution < -0.4 is 5.73 Å². The molecule has 0 aliphatic rings. The molecule has 0 bridgehead atoms. The molecule has 0 aliphatic carbocycles. The van der Waals surface area contributed by atoms with Gasteiger partial charge in [-0.05, 0) is 25.1 Å². The summed E-state index contributed by atoms with van der Waals surface area (Å²) in [6.07, 6.45) is 2.94. The lowest BCUT2D eigenvalue weighted by Crippen LogP contribution is -2.30. The van der Waals surface area contributed by atoms with Crippen molar-refractivity contribution in [2.24, 2.45) is 5.73 Å². The van der Waals surface area contributed by atoms with Gasteiger partial charge in [-0.15, -0.1) is 17.9 Å². The molecule has 1 aromatic rings. The fourth-order valence-electron chi connectivity index (χ4n) is 1.45.